The first-order chi connectivity index (χ1) is 5.47. The maximum absolute atomic E-state index is 11.9. The average Bonchev–Trinajstić information content (AvgIpc) is 1.82. The van der Waals surface area contributed by atoms with Gasteiger partial charge >= 0.3 is 6.18 Å². The SMILES string of the molecule is Cc1ccc[n+](CC(F)(F)F)c1. The van der Waals surface area contributed by atoms with Crippen molar-refractivity contribution in [2.75, 3.05) is 0 Å². The third kappa shape index (κ3) is 2.90. The van der Waals surface area contributed by atoms with Gasteiger partial charge in [0.15, 0.2) is 12.4 Å². The first kappa shape index (κ1) is 9.03. The zero-order valence-corrected chi connectivity index (χ0v) is 6.60. The molecule has 0 bridgehead atoms. The Balaban J connectivity index is 2.77. The number of alkyl halides is 3. The molecule has 0 atom stereocenters. The predicted octanol–water partition coefficient (Wildman–Crippen LogP) is 1.84. The minimum atomic E-state index is -4.14. The van der Waals surface area contributed by atoms with E-state index in [1.54, 1.807) is 19.1 Å². The summed E-state index contributed by atoms with van der Waals surface area (Å²) in [6, 6.07) is 3.36. The van der Waals surface area contributed by atoms with Crippen LogP contribution in [0.15, 0.2) is 24.5 Å². The molecule has 1 aromatic rings. The van der Waals surface area contributed by atoms with E-state index >= 15 is 0 Å². The van der Waals surface area contributed by atoms with Crippen molar-refractivity contribution >= 4 is 0 Å². The monoisotopic (exact) mass is 176 g/mol. The van der Waals surface area contributed by atoms with Crippen LogP contribution in [-0.4, -0.2) is 6.18 Å². The Hall–Kier alpha value is -1.06. The van der Waals surface area contributed by atoms with Crippen LogP contribution in [-0.2, 0) is 6.54 Å². The summed E-state index contributed by atoms with van der Waals surface area (Å²) in [6.07, 6.45) is -1.27. The molecule has 1 heterocycles. The van der Waals surface area contributed by atoms with E-state index < -0.39 is 12.7 Å². The van der Waals surface area contributed by atoms with Crippen LogP contribution in [0.25, 0.3) is 0 Å². The number of hydrogen-bond donors (Lipinski definition) is 0. The molecule has 0 fully saturated rings. The molecule has 0 aliphatic heterocycles. The summed E-state index contributed by atoms with van der Waals surface area (Å²) < 4.78 is 36.7. The first-order valence-electron chi connectivity index (χ1n) is 3.50. The number of aromatic nitrogens is 1. The van der Waals surface area contributed by atoms with Crippen LogP contribution in [0.3, 0.4) is 0 Å². The van der Waals surface area contributed by atoms with Crippen LogP contribution >= 0.6 is 0 Å². The van der Waals surface area contributed by atoms with Gasteiger partial charge < -0.3 is 0 Å². The maximum Gasteiger partial charge on any atom is 0.448 e. The number of hydrogen-bond acceptors (Lipinski definition) is 0. The van der Waals surface area contributed by atoms with E-state index in [0.717, 1.165) is 10.1 Å². The number of halogens is 3. The fourth-order valence-corrected chi connectivity index (χ4v) is 0.958. The van der Waals surface area contributed by atoms with Gasteiger partial charge in [0.05, 0.1) is 0 Å². The van der Waals surface area contributed by atoms with Crippen LogP contribution in [0.2, 0.25) is 0 Å². The summed E-state index contributed by atoms with van der Waals surface area (Å²) >= 11 is 0. The lowest BCUT2D eigenvalue weighted by Gasteiger charge is -2.01. The van der Waals surface area contributed by atoms with Gasteiger partial charge in [0.2, 0.25) is 6.54 Å². The van der Waals surface area contributed by atoms with E-state index in [1.807, 2.05) is 0 Å². The largest absolute Gasteiger partial charge is 0.448 e. The normalized spacial score (nSPS) is 11.7. The highest BCUT2D eigenvalue weighted by atomic mass is 19.4. The quantitative estimate of drug-likeness (QED) is 0.575. The van der Waals surface area contributed by atoms with E-state index in [2.05, 4.69) is 0 Å². The lowest BCUT2D eigenvalue weighted by atomic mass is 10.3. The third-order valence-electron chi connectivity index (χ3n) is 1.37. The van der Waals surface area contributed by atoms with Gasteiger partial charge in [0.25, 0.3) is 0 Å². The Labute approximate surface area is 68.5 Å². The molecular formula is C8H9F3N+. The van der Waals surface area contributed by atoms with E-state index in [4.69, 9.17) is 0 Å². The molecule has 0 radical (unpaired) electrons. The maximum atomic E-state index is 11.9. The molecule has 0 amide bonds. The molecule has 4 heteroatoms. The first-order valence-corrected chi connectivity index (χ1v) is 3.50. The van der Waals surface area contributed by atoms with Gasteiger partial charge in [-0.05, 0) is 13.0 Å². The smallest absolute Gasteiger partial charge is 0.195 e. The van der Waals surface area contributed by atoms with Crippen molar-refractivity contribution in [2.24, 2.45) is 0 Å². The van der Waals surface area contributed by atoms with E-state index in [-0.39, 0.29) is 0 Å². The van der Waals surface area contributed by atoms with Crippen molar-refractivity contribution < 1.29 is 17.7 Å². The average molecular weight is 176 g/mol. The molecule has 0 aromatic carbocycles. The van der Waals surface area contributed by atoms with E-state index in [1.165, 1.54) is 12.4 Å². The Morgan fingerprint density at radius 1 is 1.42 bits per heavy atom. The molecule has 66 valence electrons. The standard InChI is InChI=1S/C8H9F3N/c1-7-3-2-4-12(5-7)6-8(9,10)11/h2-5H,6H2,1H3/q+1. The molecule has 1 aromatic heterocycles. The number of aryl methyl sites for hydroxylation is 1. The van der Waals surface area contributed by atoms with Crippen LogP contribution in [0, 0.1) is 6.92 Å². The van der Waals surface area contributed by atoms with Gasteiger partial charge in [-0.2, -0.15) is 17.7 Å². The second-order valence-corrected chi connectivity index (χ2v) is 2.67. The molecular weight excluding hydrogens is 167 g/mol. The fraction of sp³-hybridized carbons (Fsp3) is 0.375. The molecule has 1 rings (SSSR count). The van der Waals surface area contributed by atoms with Gasteiger partial charge in [0, 0.05) is 11.6 Å². The summed E-state index contributed by atoms with van der Waals surface area (Å²) in [5.41, 5.74) is 0.821. The van der Waals surface area contributed by atoms with Crippen molar-refractivity contribution in [3.05, 3.63) is 30.1 Å². The van der Waals surface area contributed by atoms with Gasteiger partial charge in [-0.15, -0.1) is 0 Å². The number of nitrogens with zero attached hydrogens (tertiary/aromatic N) is 1. The highest BCUT2D eigenvalue weighted by Gasteiger charge is 2.32. The molecule has 0 spiro atoms. The molecule has 12 heavy (non-hydrogen) atoms. The summed E-state index contributed by atoms with van der Waals surface area (Å²) in [4.78, 5) is 0. The van der Waals surface area contributed by atoms with Crippen LogP contribution < -0.4 is 4.57 Å². The van der Waals surface area contributed by atoms with Gasteiger partial charge in [-0.3, -0.25) is 0 Å². The van der Waals surface area contributed by atoms with Crippen molar-refractivity contribution in [3.8, 4) is 0 Å². The van der Waals surface area contributed by atoms with Crippen LogP contribution in [0.5, 0.6) is 0 Å². The van der Waals surface area contributed by atoms with Gasteiger partial charge in [-0.25, -0.2) is 0 Å². The number of pyridine rings is 1. The van der Waals surface area contributed by atoms with Crippen LogP contribution in [0.1, 0.15) is 5.56 Å². The van der Waals surface area contributed by atoms with Crippen molar-refractivity contribution in [1.29, 1.82) is 0 Å². The lowest BCUT2D eigenvalue weighted by molar-refractivity contribution is -0.719. The van der Waals surface area contributed by atoms with Crippen molar-refractivity contribution in [1.82, 2.24) is 0 Å². The van der Waals surface area contributed by atoms with Crippen molar-refractivity contribution in [2.45, 2.75) is 19.6 Å². The Kier molecular flexibility index (Phi) is 2.35. The highest BCUT2D eigenvalue weighted by Crippen LogP contribution is 2.13. The lowest BCUT2D eigenvalue weighted by Crippen LogP contribution is -2.40. The molecule has 0 aliphatic carbocycles. The second kappa shape index (κ2) is 3.13. The fourth-order valence-electron chi connectivity index (χ4n) is 0.958. The summed E-state index contributed by atoms with van der Waals surface area (Å²) in [7, 11) is 0. The molecule has 1 nitrogen and oxygen atoms in total. The van der Waals surface area contributed by atoms with E-state index in [0.29, 0.717) is 0 Å². The molecule has 0 N–H and O–H groups in total. The van der Waals surface area contributed by atoms with Crippen molar-refractivity contribution in [3.63, 3.8) is 0 Å². The topological polar surface area (TPSA) is 3.88 Å². The number of rotatable bonds is 1. The minimum absolute atomic E-state index is 0.821. The van der Waals surface area contributed by atoms with Gasteiger partial charge in [-0.1, -0.05) is 0 Å². The molecule has 0 aliphatic rings. The van der Waals surface area contributed by atoms with Gasteiger partial charge in [0.1, 0.15) is 0 Å². The molecule has 0 unspecified atom stereocenters. The predicted molar refractivity (Wildman–Crippen MR) is 37.4 cm³/mol. The van der Waals surface area contributed by atoms with Crippen LogP contribution in [0.4, 0.5) is 13.2 Å². The highest BCUT2D eigenvalue weighted by molar-refractivity contribution is 5.01. The molecule has 0 saturated carbocycles. The zero-order chi connectivity index (χ0) is 9.19. The second-order valence-electron chi connectivity index (χ2n) is 2.67. The Morgan fingerprint density at radius 2 is 2.08 bits per heavy atom. The summed E-state index contributed by atoms with van der Waals surface area (Å²) in [6.45, 7) is 0.835. The molecule has 0 saturated heterocycles. The summed E-state index contributed by atoms with van der Waals surface area (Å²) in [5, 5.41) is 0. The summed E-state index contributed by atoms with van der Waals surface area (Å²) in [5.74, 6) is 0. The third-order valence-corrected chi connectivity index (χ3v) is 1.37. The minimum Gasteiger partial charge on any atom is -0.195 e. The zero-order valence-electron chi connectivity index (χ0n) is 6.60. The Morgan fingerprint density at radius 3 is 2.58 bits per heavy atom. The van der Waals surface area contributed by atoms with E-state index in [9.17, 15) is 13.2 Å². The Bertz CT molecular complexity index is 267.